The quantitative estimate of drug-likeness (QED) is 0.760. The van der Waals surface area contributed by atoms with E-state index >= 15 is 0 Å². The Labute approximate surface area is 87.3 Å². The van der Waals surface area contributed by atoms with Gasteiger partial charge in [0.1, 0.15) is 0 Å². The molecule has 0 aromatic heterocycles. The molecule has 1 atom stereocenters. The van der Waals surface area contributed by atoms with Gasteiger partial charge < -0.3 is 5.73 Å². The second-order valence-corrected chi connectivity index (χ2v) is 3.99. The summed E-state index contributed by atoms with van der Waals surface area (Å²) in [5.74, 6) is 0. The van der Waals surface area contributed by atoms with Gasteiger partial charge in [-0.3, -0.25) is 0 Å². The third-order valence-electron chi connectivity index (χ3n) is 2.81. The molecule has 1 unspecified atom stereocenters. The molecule has 0 saturated carbocycles. The van der Waals surface area contributed by atoms with Crippen molar-refractivity contribution in [2.45, 2.75) is 45.6 Å². The maximum absolute atomic E-state index is 5.88. The second kappa shape index (κ2) is 5.82. The molecule has 0 bridgehead atoms. The van der Waals surface area contributed by atoms with Gasteiger partial charge in [0.15, 0.2) is 0 Å². The number of aryl methyl sites for hydroxylation is 2. The SMILES string of the molecule is CCC(N)CCCc1ccccc1C. The summed E-state index contributed by atoms with van der Waals surface area (Å²) in [7, 11) is 0. The Morgan fingerprint density at radius 3 is 2.64 bits per heavy atom. The summed E-state index contributed by atoms with van der Waals surface area (Å²) in [6.07, 6.45) is 4.61. The van der Waals surface area contributed by atoms with Crippen molar-refractivity contribution >= 4 is 0 Å². The highest BCUT2D eigenvalue weighted by Gasteiger charge is 2.00. The molecule has 78 valence electrons. The van der Waals surface area contributed by atoms with Crippen molar-refractivity contribution in [3.63, 3.8) is 0 Å². The third-order valence-corrected chi connectivity index (χ3v) is 2.81. The molecule has 0 fully saturated rings. The van der Waals surface area contributed by atoms with Gasteiger partial charge in [0.25, 0.3) is 0 Å². The number of nitrogens with two attached hydrogens (primary N) is 1. The molecule has 0 aliphatic carbocycles. The lowest BCUT2D eigenvalue weighted by Gasteiger charge is -2.09. The van der Waals surface area contributed by atoms with Crippen LogP contribution in [0.25, 0.3) is 0 Å². The van der Waals surface area contributed by atoms with Crippen LogP contribution in [-0.4, -0.2) is 6.04 Å². The molecule has 1 nitrogen and oxygen atoms in total. The van der Waals surface area contributed by atoms with Crippen molar-refractivity contribution < 1.29 is 0 Å². The van der Waals surface area contributed by atoms with Crippen molar-refractivity contribution in [2.75, 3.05) is 0 Å². The van der Waals surface area contributed by atoms with Gasteiger partial charge >= 0.3 is 0 Å². The van der Waals surface area contributed by atoms with Crippen LogP contribution in [-0.2, 0) is 6.42 Å². The van der Waals surface area contributed by atoms with E-state index in [4.69, 9.17) is 5.73 Å². The Bertz CT molecular complexity index is 268. The highest BCUT2D eigenvalue weighted by Crippen LogP contribution is 2.11. The van der Waals surface area contributed by atoms with E-state index in [1.54, 1.807) is 0 Å². The van der Waals surface area contributed by atoms with Crippen molar-refractivity contribution in [3.05, 3.63) is 35.4 Å². The molecule has 0 spiro atoms. The van der Waals surface area contributed by atoms with Gasteiger partial charge in [-0.25, -0.2) is 0 Å². The predicted molar refractivity (Wildman–Crippen MR) is 62.4 cm³/mol. The maximum Gasteiger partial charge on any atom is 0.00363 e. The normalized spacial score (nSPS) is 12.8. The van der Waals surface area contributed by atoms with E-state index in [2.05, 4.69) is 38.1 Å². The molecule has 0 radical (unpaired) electrons. The summed E-state index contributed by atoms with van der Waals surface area (Å²) in [6.45, 7) is 4.33. The van der Waals surface area contributed by atoms with E-state index in [0.717, 1.165) is 12.8 Å². The zero-order valence-electron chi connectivity index (χ0n) is 9.29. The second-order valence-electron chi connectivity index (χ2n) is 3.99. The Balaban J connectivity index is 2.35. The van der Waals surface area contributed by atoms with E-state index in [1.807, 2.05) is 0 Å². The van der Waals surface area contributed by atoms with Crippen LogP contribution in [0.4, 0.5) is 0 Å². The van der Waals surface area contributed by atoms with E-state index in [9.17, 15) is 0 Å². The van der Waals surface area contributed by atoms with Gasteiger partial charge in [0.05, 0.1) is 0 Å². The molecule has 1 aromatic carbocycles. The van der Waals surface area contributed by atoms with Crippen molar-refractivity contribution in [1.29, 1.82) is 0 Å². The Morgan fingerprint density at radius 1 is 1.29 bits per heavy atom. The molecule has 0 saturated heterocycles. The largest absolute Gasteiger partial charge is 0.328 e. The summed E-state index contributed by atoms with van der Waals surface area (Å²) in [5.41, 5.74) is 8.74. The molecule has 1 heteroatoms. The van der Waals surface area contributed by atoms with E-state index in [0.29, 0.717) is 6.04 Å². The van der Waals surface area contributed by atoms with Crippen molar-refractivity contribution in [2.24, 2.45) is 5.73 Å². The van der Waals surface area contributed by atoms with Gasteiger partial charge in [-0.05, 0) is 43.7 Å². The molecule has 0 aliphatic heterocycles. The maximum atomic E-state index is 5.88. The zero-order valence-corrected chi connectivity index (χ0v) is 9.29. The van der Waals surface area contributed by atoms with E-state index < -0.39 is 0 Å². The van der Waals surface area contributed by atoms with Crippen LogP contribution in [0.5, 0.6) is 0 Å². The molecule has 1 aromatic rings. The van der Waals surface area contributed by atoms with Crippen molar-refractivity contribution in [1.82, 2.24) is 0 Å². The zero-order chi connectivity index (χ0) is 10.4. The van der Waals surface area contributed by atoms with Crippen LogP contribution < -0.4 is 5.73 Å². The van der Waals surface area contributed by atoms with Crippen LogP contribution in [0, 0.1) is 6.92 Å². The highest BCUT2D eigenvalue weighted by atomic mass is 14.6. The number of benzene rings is 1. The van der Waals surface area contributed by atoms with E-state index in [1.165, 1.54) is 24.0 Å². The average Bonchev–Trinajstić information content (AvgIpc) is 2.20. The minimum atomic E-state index is 0.388. The first-order valence-electron chi connectivity index (χ1n) is 5.54. The van der Waals surface area contributed by atoms with Gasteiger partial charge in [-0.15, -0.1) is 0 Å². The fraction of sp³-hybridized carbons (Fsp3) is 0.538. The third kappa shape index (κ3) is 3.51. The fourth-order valence-corrected chi connectivity index (χ4v) is 1.65. The Kier molecular flexibility index (Phi) is 4.68. The predicted octanol–water partition coefficient (Wildman–Crippen LogP) is 3.06. The monoisotopic (exact) mass is 191 g/mol. The number of rotatable bonds is 5. The molecule has 0 aliphatic rings. The van der Waals surface area contributed by atoms with Gasteiger partial charge in [0.2, 0.25) is 0 Å². The summed E-state index contributed by atoms with van der Waals surface area (Å²) >= 11 is 0. The standard InChI is InChI=1S/C13H21N/c1-3-13(14)10-6-9-12-8-5-4-7-11(12)2/h4-5,7-8,13H,3,6,9-10,14H2,1-2H3. The summed E-state index contributed by atoms with van der Waals surface area (Å²) in [6, 6.07) is 8.99. The van der Waals surface area contributed by atoms with Crippen LogP contribution >= 0.6 is 0 Å². The molecule has 0 amide bonds. The Hall–Kier alpha value is -0.820. The average molecular weight is 191 g/mol. The van der Waals surface area contributed by atoms with Gasteiger partial charge in [0, 0.05) is 6.04 Å². The lowest BCUT2D eigenvalue weighted by atomic mass is 10.0. The highest BCUT2D eigenvalue weighted by molar-refractivity contribution is 5.25. The first kappa shape index (κ1) is 11.3. The topological polar surface area (TPSA) is 26.0 Å². The minimum Gasteiger partial charge on any atom is -0.328 e. The van der Waals surface area contributed by atoms with Crippen LogP contribution in [0.15, 0.2) is 24.3 Å². The summed E-state index contributed by atoms with van der Waals surface area (Å²) < 4.78 is 0. The lowest BCUT2D eigenvalue weighted by Crippen LogP contribution is -2.18. The summed E-state index contributed by atoms with van der Waals surface area (Å²) in [5, 5.41) is 0. The Morgan fingerprint density at radius 2 is 2.00 bits per heavy atom. The lowest BCUT2D eigenvalue weighted by molar-refractivity contribution is 0.567. The molecular weight excluding hydrogens is 170 g/mol. The first-order valence-corrected chi connectivity index (χ1v) is 5.54. The molecule has 2 N–H and O–H groups in total. The molecule has 14 heavy (non-hydrogen) atoms. The first-order chi connectivity index (χ1) is 6.74. The minimum absolute atomic E-state index is 0.388. The van der Waals surface area contributed by atoms with Crippen LogP contribution in [0.1, 0.15) is 37.3 Å². The fourth-order valence-electron chi connectivity index (χ4n) is 1.65. The molecule has 1 rings (SSSR count). The molecule has 0 heterocycles. The van der Waals surface area contributed by atoms with E-state index in [-0.39, 0.29) is 0 Å². The van der Waals surface area contributed by atoms with Gasteiger partial charge in [-0.1, -0.05) is 31.2 Å². The van der Waals surface area contributed by atoms with Crippen LogP contribution in [0.3, 0.4) is 0 Å². The number of hydrogen-bond acceptors (Lipinski definition) is 1. The van der Waals surface area contributed by atoms with Gasteiger partial charge in [-0.2, -0.15) is 0 Å². The summed E-state index contributed by atoms with van der Waals surface area (Å²) in [4.78, 5) is 0. The number of hydrogen-bond donors (Lipinski definition) is 1. The smallest absolute Gasteiger partial charge is 0.00363 e. The van der Waals surface area contributed by atoms with Crippen LogP contribution in [0.2, 0.25) is 0 Å². The molecular formula is C13H21N. The van der Waals surface area contributed by atoms with Crippen molar-refractivity contribution in [3.8, 4) is 0 Å².